The first-order valence-corrected chi connectivity index (χ1v) is 9.46. The third-order valence-electron chi connectivity index (χ3n) is 3.54. The van der Waals surface area contributed by atoms with Crippen molar-refractivity contribution in [3.63, 3.8) is 0 Å². The van der Waals surface area contributed by atoms with Crippen LogP contribution in [-0.4, -0.2) is 43.0 Å². The fourth-order valence-electron chi connectivity index (χ4n) is 2.23. The number of likely N-dealkylation sites (N-methyl/N-ethyl adjacent to an activating group) is 1. The van der Waals surface area contributed by atoms with E-state index >= 15 is 0 Å². The monoisotopic (exact) mass is 410 g/mol. The van der Waals surface area contributed by atoms with E-state index in [0.717, 1.165) is 9.58 Å². The average Bonchev–Trinajstić information content (AvgIpc) is 3.21. The number of rotatable bonds is 6. The Balaban J connectivity index is 0.00000243. The van der Waals surface area contributed by atoms with Crippen molar-refractivity contribution in [3.8, 4) is 0 Å². The molecular weight excluding hydrogens is 393 g/mol. The highest BCUT2D eigenvalue weighted by Crippen LogP contribution is 2.29. The predicted molar refractivity (Wildman–Crippen MR) is 104 cm³/mol. The molecule has 8 heteroatoms. The third kappa shape index (κ3) is 5.11. The van der Waals surface area contributed by atoms with Gasteiger partial charge >= 0.3 is 0 Å². The number of nitrogens with zero attached hydrogens (tertiary/aromatic N) is 3. The lowest BCUT2D eigenvalue weighted by atomic mass is 10.3. The van der Waals surface area contributed by atoms with Gasteiger partial charge < -0.3 is 17.3 Å². The number of hydrogen-bond donors (Lipinski definition) is 0. The smallest absolute Gasteiger partial charge is 0.252 e. The first-order chi connectivity index (χ1) is 12.0. The Morgan fingerprint density at radius 3 is 2.77 bits per heavy atom. The Bertz CT molecular complexity index is 893. The zero-order valence-corrected chi connectivity index (χ0v) is 16.7. The standard InChI is InChI=1S/C18H18FN3OS2.ClH/c1-21(2)9-10-22(17(23)8-6-14-4-3-11-24-14)18-20-15-7-5-13(19)12-16(15)25-18;/h3-8,11-12H,9-10H2,1-2H3;1H/p-1/b8-6+;. The average molecular weight is 411 g/mol. The zero-order valence-electron chi connectivity index (χ0n) is 14.4. The van der Waals surface area contributed by atoms with E-state index in [1.54, 1.807) is 28.4 Å². The summed E-state index contributed by atoms with van der Waals surface area (Å²) in [6, 6.07) is 8.38. The summed E-state index contributed by atoms with van der Waals surface area (Å²) in [6.45, 7) is 1.23. The molecular formula is C18H18ClFN3OS2-. The van der Waals surface area contributed by atoms with E-state index in [2.05, 4.69) is 4.98 Å². The fourth-order valence-corrected chi connectivity index (χ4v) is 3.87. The molecule has 0 atom stereocenters. The maximum atomic E-state index is 13.4. The SMILES string of the molecule is CN(C)CCN(C(=O)/C=C/c1cccs1)c1nc2ccc(F)cc2s1.[Cl-]. The van der Waals surface area contributed by atoms with E-state index in [4.69, 9.17) is 0 Å². The predicted octanol–water partition coefficient (Wildman–Crippen LogP) is 1.11. The highest BCUT2D eigenvalue weighted by molar-refractivity contribution is 7.22. The summed E-state index contributed by atoms with van der Waals surface area (Å²) < 4.78 is 14.2. The van der Waals surface area contributed by atoms with Crippen LogP contribution in [0.2, 0.25) is 0 Å². The van der Waals surface area contributed by atoms with Crippen LogP contribution in [0.1, 0.15) is 4.88 Å². The van der Waals surface area contributed by atoms with Crippen LogP contribution >= 0.6 is 22.7 Å². The molecule has 4 nitrogen and oxygen atoms in total. The molecule has 3 aromatic rings. The number of thiazole rings is 1. The van der Waals surface area contributed by atoms with Gasteiger partial charge in [-0.3, -0.25) is 9.69 Å². The normalized spacial score (nSPS) is 11.2. The maximum absolute atomic E-state index is 13.4. The van der Waals surface area contributed by atoms with Crippen molar-refractivity contribution in [1.29, 1.82) is 0 Å². The molecule has 0 spiro atoms. The van der Waals surface area contributed by atoms with Crippen LogP contribution in [0.15, 0.2) is 41.8 Å². The molecule has 2 heterocycles. The first kappa shape index (κ1) is 20.5. The van der Waals surface area contributed by atoms with Gasteiger partial charge in [-0.05, 0) is 49.8 Å². The van der Waals surface area contributed by atoms with Crippen molar-refractivity contribution >= 4 is 50.0 Å². The van der Waals surface area contributed by atoms with Gasteiger partial charge in [0, 0.05) is 24.0 Å². The number of fused-ring (bicyclic) bond motifs is 1. The molecule has 1 amide bonds. The summed E-state index contributed by atoms with van der Waals surface area (Å²) in [5.41, 5.74) is 0.700. The number of benzene rings is 1. The van der Waals surface area contributed by atoms with Crippen molar-refractivity contribution in [2.24, 2.45) is 0 Å². The minimum Gasteiger partial charge on any atom is -1.00 e. The number of hydrogen-bond acceptors (Lipinski definition) is 5. The molecule has 0 aliphatic carbocycles. The largest absolute Gasteiger partial charge is 1.00 e. The lowest BCUT2D eigenvalue weighted by Crippen LogP contribution is -3.00. The Morgan fingerprint density at radius 2 is 2.08 bits per heavy atom. The molecule has 0 bridgehead atoms. The molecule has 0 radical (unpaired) electrons. The molecule has 0 aliphatic rings. The molecule has 0 saturated carbocycles. The van der Waals surface area contributed by atoms with Gasteiger partial charge in [0.2, 0.25) is 0 Å². The summed E-state index contributed by atoms with van der Waals surface area (Å²) in [5.74, 6) is -0.429. The van der Waals surface area contributed by atoms with E-state index in [0.29, 0.717) is 23.7 Å². The van der Waals surface area contributed by atoms with Gasteiger partial charge in [-0.2, -0.15) is 0 Å². The Kier molecular flexibility index (Phi) is 7.28. The second-order valence-electron chi connectivity index (χ2n) is 5.75. The van der Waals surface area contributed by atoms with E-state index in [-0.39, 0.29) is 24.1 Å². The zero-order chi connectivity index (χ0) is 17.8. The van der Waals surface area contributed by atoms with Crippen molar-refractivity contribution in [3.05, 3.63) is 52.5 Å². The molecule has 0 fully saturated rings. The van der Waals surface area contributed by atoms with Crippen LogP contribution < -0.4 is 17.3 Å². The summed E-state index contributed by atoms with van der Waals surface area (Å²) in [4.78, 5) is 21.9. The quantitative estimate of drug-likeness (QED) is 0.571. The Labute approximate surface area is 166 Å². The number of carbonyl (C=O) groups is 1. The van der Waals surface area contributed by atoms with Gasteiger partial charge in [0.15, 0.2) is 5.13 Å². The van der Waals surface area contributed by atoms with E-state index < -0.39 is 0 Å². The molecule has 1 aromatic carbocycles. The molecule has 0 unspecified atom stereocenters. The topological polar surface area (TPSA) is 36.4 Å². The van der Waals surface area contributed by atoms with Crippen LogP contribution in [0, 0.1) is 5.82 Å². The summed E-state index contributed by atoms with van der Waals surface area (Å²) in [5, 5.41) is 2.55. The van der Waals surface area contributed by atoms with Gasteiger partial charge in [-0.15, -0.1) is 11.3 Å². The molecule has 26 heavy (non-hydrogen) atoms. The van der Waals surface area contributed by atoms with E-state index in [1.807, 2.05) is 42.6 Å². The third-order valence-corrected chi connectivity index (χ3v) is 5.42. The maximum Gasteiger partial charge on any atom is 0.252 e. The minimum atomic E-state index is -0.300. The highest BCUT2D eigenvalue weighted by Gasteiger charge is 2.18. The van der Waals surface area contributed by atoms with Crippen molar-refractivity contribution in [1.82, 2.24) is 9.88 Å². The second-order valence-corrected chi connectivity index (χ2v) is 7.74. The van der Waals surface area contributed by atoms with Crippen LogP contribution in [0.4, 0.5) is 9.52 Å². The molecule has 0 N–H and O–H groups in total. The van der Waals surface area contributed by atoms with Gasteiger partial charge in [0.05, 0.1) is 10.2 Å². The van der Waals surface area contributed by atoms with Crippen molar-refractivity contribution in [2.75, 3.05) is 32.1 Å². The van der Waals surface area contributed by atoms with Crippen LogP contribution in [-0.2, 0) is 4.79 Å². The van der Waals surface area contributed by atoms with Crippen LogP contribution in [0.25, 0.3) is 16.3 Å². The summed E-state index contributed by atoms with van der Waals surface area (Å²) in [6.07, 6.45) is 3.37. The molecule has 0 aliphatic heterocycles. The van der Waals surface area contributed by atoms with E-state index in [1.165, 1.54) is 23.5 Å². The molecule has 0 saturated heterocycles. The number of amides is 1. The first-order valence-electron chi connectivity index (χ1n) is 7.77. The molecule has 3 rings (SSSR count). The van der Waals surface area contributed by atoms with Gasteiger partial charge in [-0.1, -0.05) is 17.4 Å². The van der Waals surface area contributed by atoms with Crippen LogP contribution in [0.5, 0.6) is 0 Å². The van der Waals surface area contributed by atoms with Crippen LogP contribution in [0.3, 0.4) is 0 Å². The van der Waals surface area contributed by atoms with E-state index in [9.17, 15) is 9.18 Å². The number of aromatic nitrogens is 1. The number of thiophene rings is 1. The highest BCUT2D eigenvalue weighted by atomic mass is 35.5. The molecule has 2 aromatic heterocycles. The second kappa shape index (κ2) is 9.23. The lowest BCUT2D eigenvalue weighted by molar-refractivity contribution is -0.114. The number of carbonyl (C=O) groups excluding carboxylic acids is 1. The minimum absolute atomic E-state index is 0. The Morgan fingerprint density at radius 1 is 1.27 bits per heavy atom. The van der Waals surface area contributed by atoms with Gasteiger partial charge in [0.25, 0.3) is 5.91 Å². The lowest BCUT2D eigenvalue weighted by Gasteiger charge is -2.20. The number of halogens is 2. The Hall–Kier alpha value is -1.80. The summed E-state index contributed by atoms with van der Waals surface area (Å²) >= 11 is 2.90. The summed E-state index contributed by atoms with van der Waals surface area (Å²) in [7, 11) is 3.91. The molecule has 138 valence electrons. The van der Waals surface area contributed by atoms with Crippen molar-refractivity contribution < 1.29 is 21.6 Å². The number of anilines is 1. The van der Waals surface area contributed by atoms with Crippen molar-refractivity contribution in [2.45, 2.75) is 0 Å². The van der Waals surface area contributed by atoms with Gasteiger partial charge in [-0.25, -0.2) is 9.37 Å². The van der Waals surface area contributed by atoms with Gasteiger partial charge in [0.1, 0.15) is 5.82 Å². The fraction of sp³-hybridized carbons (Fsp3) is 0.222.